The maximum absolute atomic E-state index is 12.1. The van der Waals surface area contributed by atoms with E-state index in [0.717, 1.165) is 37.4 Å². The molecule has 2 aliphatic heterocycles. The third-order valence-corrected chi connectivity index (χ3v) is 5.41. The first kappa shape index (κ1) is 15.1. The van der Waals surface area contributed by atoms with Gasteiger partial charge in [0, 0.05) is 25.4 Å². The highest BCUT2D eigenvalue weighted by molar-refractivity contribution is 5.81. The molecule has 1 amide bonds. The number of amides is 1. The second-order valence-corrected chi connectivity index (χ2v) is 6.89. The Morgan fingerprint density at radius 2 is 1.83 bits per heavy atom. The topological polar surface area (TPSA) is 58.1 Å². The van der Waals surface area contributed by atoms with Crippen LogP contribution in [0.2, 0.25) is 0 Å². The minimum absolute atomic E-state index is 0.118. The van der Waals surface area contributed by atoms with E-state index in [1.54, 1.807) is 0 Å². The van der Waals surface area contributed by atoms with E-state index in [4.69, 9.17) is 0 Å². The Morgan fingerprint density at radius 3 is 2.50 bits per heavy atom. The lowest BCUT2D eigenvalue weighted by atomic mass is 9.74. The van der Waals surface area contributed by atoms with E-state index in [1.165, 1.54) is 5.56 Å². The summed E-state index contributed by atoms with van der Waals surface area (Å²) in [6.07, 6.45) is 2.47. The number of hydrogen-bond acceptors (Lipinski definition) is 4. The molecule has 24 heavy (non-hydrogen) atoms. The van der Waals surface area contributed by atoms with Crippen LogP contribution in [0.15, 0.2) is 42.5 Å². The molecule has 124 valence electrons. The number of hydrogen-bond donors (Lipinski definition) is 1. The molecule has 2 saturated heterocycles. The largest absolute Gasteiger partial charge is 0.355 e. The molecule has 1 atom stereocenters. The summed E-state index contributed by atoms with van der Waals surface area (Å²) in [4.78, 5) is 14.4. The van der Waals surface area contributed by atoms with Gasteiger partial charge >= 0.3 is 0 Å². The van der Waals surface area contributed by atoms with Gasteiger partial charge in [0.15, 0.2) is 5.82 Å². The Hall–Kier alpha value is -2.43. The van der Waals surface area contributed by atoms with E-state index >= 15 is 0 Å². The number of carbonyl (C=O) groups is 1. The SMILES string of the molecule is Cc1ccc(N2CCC3(CC2)NC(=O)CC3c2ccccc2)nn1. The summed E-state index contributed by atoms with van der Waals surface area (Å²) < 4.78 is 0. The quantitative estimate of drug-likeness (QED) is 0.922. The molecular formula is C19H22N4O. The number of nitrogens with one attached hydrogen (secondary N) is 1. The molecule has 3 heterocycles. The molecule has 4 rings (SSSR count). The molecule has 0 saturated carbocycles. The van der Waals surface area contributed by atoms with Crippen LogP contribution in [0.5, 0.6) is 0 Å². The number of aryl methyl sites for hydroxylation is 1. The van der Waals surface area contributed by atoms with Crippen LogP contribution < -0.4 is 10.2 Å². The lowest BCUT2D eigenvalue weighted by molar-refractivity contribution is -0.119. The number of anilines is 1. The monoisotopic (exact) mass is 322 g/mol. The molecule has 5 nitrogen and oxygen atoms in total. The lowest BCUT2D eigenvalue weighted by Gasteiger charge is -2.43. The zero-order valence-corrected chi connectivity index (χ0v) is 13.9. The number of aromatic nitrogens is 2. The number of carbonyl (C=O) groups excluding carboxylic acids is 1. The predicted molar refractivity (Wildman–Crippen MR) is 92.9 cm³/mol. The smallest absolute Gasteiger partial charge is 0.221 e. The van der Waals surface area contributed by atoms with Crippen LogP contribution in [0.1, 0.15) is 36.4 Å². The van der Waals surface area contributed by atoms with Gasteiger partial charge in [0.05, 0.1) is 11.2 Å². The van der Waals surface area contributed by atoms with Gasteiger partial charge in [-0.25, -0.2) is 0 Å². The first-order chi connectivity index (χ1) is 11.7. The number of rotatable bonds is 2. The summed E-state index contributed by atoms with van der Waals surface area (Å²) in [5, 5.41) is 11.8. The van der Waals surface area contributed by atoms with E-state index in [0.29, 0.717) is 6.42 Å². The summed E-state index contributed by atoms with van der Waals surface area (Å²) in [6.45, 7) is 3.73. The highest BCUT2D eigenvalue weighted by Gasteiger charge is 2.48. The van der Waals surface area contributed by atoms with Gasteiger partial charge in [-0.3, -0.25) is 4.79 Å². The molecule has 2 aromatic rings. The minimum Gasteiger partial charge on any atom is -0.355 e. The molecule has 0 aliphatic carbocycles. The first-order valence-corrected chi connectivity index (χ1v) is 8.58. The van der Waals surface area contributed by atoms with Crippen molar-refractivity contribution in [3.63, 3.8) is 0 Å². The third kappa shape index (κ3) is 2.64. The van der Waals surface area contributed by atoms with Crippen molar-refractivity contribution in [2.45, 2.75) is 37.6 Å². The van der Waals surface area contributed by atoms with Crippen molar-refractivity contribution in [2.24, 2.45) is 0 Å². The summed E-state index contributed by atoms with van der Waals surface area (Å²) >= 11 is 0. The molecule has 1 spiro atoms. The molecule has 0 bridgehead atoms. The van der Waals surface area contributed by atoms with Gasteiger partial charge in [-0.1, -0.05) is 30.3 Å². The fourth-order valence-electron chi connectivity index (χ4n) is 4.09. The van der Waals surface area contributed by atoms with Crippen LogP contribution >= 0.6 is 0 Å². The first-order valence-electron chi connectivity index (χ1n) is 8.58. The Balaban J connectivity index is 1.54. The van der Waals surface area contributed by atoms with E-state index in [-0.39, 0.29) is 17.4 Å². The summed E-state index contributed by atoms with van der Waals surface area (Å²) in [5.41, 5.74) is 2.08. The molecule has 1 N–H and O–H groups in total. The van der Waals surface area contributed by atoms with Crippen molar-refractivity contribution in [3.05, 3.63) is 53.7 Å². The van der Waals surface area contributed by atoms with Crippen LogP contribution in [-0.2, 0) is 4.79 Å². The Labute approximate surface area is 142 Å². The summed E-state index contributed by atoms with van der Waals surface area (Å²) in [7, 11) is 0. The number of nitrogens with zero attached hydrogens (tertiary/aromatic N) is 3. The molecule has 2 aliphatic rings. The maximum Gasteiger partial charge on any atom is 0.221 e. The highest BCUT2D eigenvalue weighted by atomic mass is 16.2. The van der Waals surface area contributed by atoms with E-state index < -0.39 is 0 Å². The number of benzene rings is 1. The fraction of sp³-hybridized carbons (Fsp3) is 0.421. The minimum atomic E-state index is -0.118. The molecular weight excluding hydrogens is 300 g/mol. The van der Waals surface area contributed by atoms with E-state index in [9.17, 15) is 4.79 Å². The van der Waals surface area contributed by atoms with Crippen molar-refractivity contribution in [3.8, 4) is 0 Å². The normalized spacial score (nSPS) is 22.6. The van der Waals surface area contributed by atoms with Gasteiger partial charge in [-0.05, 0) is 37.5 Å². The van der Waals surface area contributed by atoms with Crippen LogP contribution in [-0.4, -0.2) is 34.7 Å². The summed E-state index contributed by atoms with van der Waals surface area (Å²) in [5.74, 6) is 1.36. The highest BCUT2D eigenvalue weighted by Crippen LogP contribution is 2.43. The van der Waals surface area contributed by atoms with Gasteiger partial charge in [0.1, 0.15) is 0 Å². The van der Waals surface area contributed by atoms with Gasteiger partial charge in [0.25, 0.3) is 0 Å². The Morgan fingerprint density at radius 1 is 1.08 bits per heavy atom. The van der Waals surface area contributed by atoms with Crippen molar-refractivity contribution < 1.29 is 4.79 Å². The van der Waals surface area contributed by atoms with Crippen molar-refractivity contribution in [2.75, 3.05) is 18.0 Å². The Kier molecular flexibility index (Phi) is 3.71. The van der Waals surface area contributed by atoms with Crippen molar-refractivity contribution in [1.29, 1.82) is 0 Å². The van der Waals surface area contributed by atoms with Crippen LogP contribution in [0.3, 0.4) is 0 Å². The van der Waals surface area contributed by atoms with Gasteiger partial charge in [0.2, 0.25) is 5.91 Å². The van der Waals surface area contributed by atoms with Gasteiger partial charge in [-0.15, -0.1) is 5.10 Å². The van der Waals surface area contributed by atoms with Gasteiger partial charge < -0.3 is 10.2 Å². The fourth-order valence-corrected chi connectivity index (χ4v) is 4.09. The van der Waals surface area contributed by atoms with E-state index in [1.807, 2.05) is 25.1 Å². The maximum atomic E-state index is 12.1. The van der Waals surface area contributed by atoms with Gasteiger partial charge in [-0.2, -0.15) is 5.10 Å². The molecule has 2 fully saturated rings. The van der Waals surface area contributed by atoms with Crippen LogP contribution in [0, 0.1) is 6.92 Å². The van der Waals surface area contributed by atoms with Crippen molar-refractivity contribution in [1.82, 2.24) is 15.5 Å². The van der Waals surface area contributed by atoms with Crippen LogP contribution in [0.4, 0.5) is 5.82 Å². The zero-order valence-electron chi connectivity index (χ0n) is 13.9. The number of piperidine rings is 1. The predicted octanol–water partition coefficient (Wildman–Crippen LogP) is 2.43. The molecule has 1 unspecified atom stereocenters. The van der Waals surface area contributed by atoms with Crippen LogP contribution in [0.25, 0.3) is 0 Å². The molecule has 5 heteroatoms. The standard InChI is InChI=1S/C19H22N4O/c1-14-7-8-17(22-21-14)23-11-9-19(10-12-23)16(13-18(24)20-19)15-5-3-2-4-6-15/h2-8,16H,9-13H2,1H3,(H,20,24). The van der Waals surface area contributed by atoms with E-state index in [2.05, 4.69) is 44.7 Å². The molecule has 1 aromatic carbocycles. The molecule has 0 radical (unpaired) electrons. The third-order valence-electron chi connectivity index (χ3n) is 5.41. The Bertz CT molecular complexity index is 721. The van der Waals surface area contributed by atoms with Crippen molar-refractivity contribution >= 4 is 11.7 Å². The summed E-state index contributed by atoms with van der Waals surface area (Å²) in [6, 6.07) is 14.5. The zero-order chi connectivity index (χ0) is 16.6. The second-order valence-electron chi connectivity index (χ2n) is 6.89. The average Bonchev–Trinajstić information content (AvgIpc) is 2.93. The second kappa shape index (κ2) is 5.89. The molecule has 1 aromatic heterocycles. The average molecular weight is 322 g/mol. The lowest BCUT2D eigenvalue weighted by Crippen LogP contribution is -2.53.